The third-order valence-corrected chi connectivity index (χ3v) is 4.61. The third kappa shape index (κ3) is 2.74. The molecule has 3 nitrogen and oxygen atoms in total. The Morgan fingerprint density at radius 3 is 2.63 bits per heavy atom. The summed E-state index contributed by atoms with van der Waals surface area (Å²) in [6, 6.07) is 5.41. The van der Waals surface area contributed by atoms with Crippen LogP contribution in [0.1, 0.15) is 41.6 Å². The van der Waals surface area contributed by atoms with Crippen molar-refractivity contribution in [2.24, 2.45) is 5.73 Å². The van der Waals surface area contributed by atoms with Gasteiger partial charge in [-0.1, -0.05) is 48.8 Å². The molecule has 1 aliphatic carbocycles. The lowest BCUT2D eigenvalue weighted by molar-refractivity contribution is 0.0924. The molecule has 0 aromatic heterocycles. The van der Waals surface area contributed by atoms with Crippen molar-refractivity contribution >= 4 is 34.7 Å². The van der Waals surface area contributed by atoms with Crippen molar-refractivity contribution in [1.82, 2.24) is 5.32 Å². The molecule has 0 aliphatic heterocycles. The SMILES string of the molecule is Cc1cccc(C(=O)NC2(C(N)=S)CCCC2)c1Cl. The summed E-state index contributed by atoms with van der Waals surface area (Å²) >= 11 is 11.3. The molecule has 1 amide bonds. The average Bonchev–Trinajstić information content (AvgIpc) is 2.82. The van der Waals surface area contributed by atoms with Crippen LogP contribution in [0.5, 0.6) is 0 Å². The number of carbonyl (C=O) groups excluding carboxylic acids is 1. The smallest absolute Gasteiger partial charge is 0.253 e. The molecule has 19 heavy (non-hydrogen) atoms. The zero-order chi connectivity index (χ0) is 14.0. The molecule has 1 aliphatic rings. The van der Waals surface area contributed by atoms with Gasteiger partial charge >= 0.3 is 0 Å². The standard InChI is InChI=1S/C14H17ClN2OS/c1-9-5-4-6-10(11(9)15)12(18)17-14(13(16)19)7-2-3-8-14/h4-6H,2-3,7-8H2,1H3,(H2,16,19)(H,17,18). The largest absolute Gasteiger partial charge is 0.391 e. The Hall–Kier alpha value is -1.13. The van der Waals surface area contributed by atoms with Gasteiger partial charge in [0.25, 0.3) is 5.91 Å². The molecular weight excluding hydrogens is 280 g/mol. The minimum absolute atomic E-state index is 0.205. The summed E-state index contributed by atoms with van der Waals surface area (Å²) < 4.78 is 0. The van der Waals surface area contributed by atoms with Gasteiger partial charge < -0.3 is 11.1 Å². The van der Waals surface area contributed by atoms with E-state index in [9.17, 15) is 4.79 Å². The van der Waals surface area contributed by atoms with Crippen LogP contribution in [0, 0.1) is 6.92 Å². The Morgan fingerprint density at radius 2 is 2.05 bits per heavy atom. The molecule has 0 saturated heterocycles. The molecule has 1 aromatic carbocycles. The molecule has 2 rings (SSSR count). The number of aryl methyl sites for hydroxylation is 1. The maximum atomic E-state index is 12.4. The predicted molar refractivity (Wildman–Crippen MR) is 81.6 cm³/mol. The molecule has 1 aromatic rings. The number of benzene rings is 1. The first-order valence-electron chi connectivity index (χ1n) is 6.34. The number of amides is 1. The summed E-state index contributed by atoms with van der Waals surface area (Å²) in [4.78, 5) is 12.7. The molecule has 0 bridgehead atoms. The fourth-order valence-corrected chi connectivity index (χ4v) is 2.99. The zero-order valence-electron chi connectivity index (χ0n) is 10.8. The molecule has 0 spiro atoms. The molecule has 5 heteroatoms. The van der Waals surface area contributed by atoms with Gasteiger partial charge in [-0.15, -0.1) is 0 Å². The predicted octanol–water partition coefficient (Wildman–Crippen LogP) is 2.98. The maximum Gasteiger partial charge on any atom is 0.253 e. The van der Waals surface area contributed by atoms with Crippen molar-refractivity contribution in [3.05, 3.63) is 34.3 Å². The highest BCUT2D eigenvalue weighted by molar-refractivity contribution is 7.80. The number of rotatable bonds is 3. The van der Waals surface area contributed by atoms with E-state index in [1.54, 1.807) is 6.07 Å². The van der Waals surface area contributed by atoms with Gasteiger partial charge in [0.05, 0.1) is 21.1 Å². The lowest BCUT2D eigenvalue weighted by Crippen LogP contribution is -2.54. The monoisotopic (exact) mass is 296 g/mol. The van der Waals surface area contributed by atoms with E-state index in [0.717, 1.165) is 31.2 Å². The van der Waals surface area contributed by atoms with E-state index in [4.69, 9.17) is 29.6 Å². The van der Waals surface area contributed by atoms with Gasteiger partial charge in [0.2, 0.25) is 0 Å². The molecule has 3 N–H and O–H groups in total. The van der Waals surface area contributed by atoms with Gasteiger partial charge in [0.1, 0.15) is 0 Å². The highest BCUT2D eigenvalue weighted by atomic mass is 35.5. The lowest BCUT2D eigenvalue weighted by Gasteiger charge is -2.29. The highest BCUT2D eigenvalue weighted by Crippen LogP contribution is 2.31. The number of nitrogens with one attached hydrogen (secondary N) is 1. The van der Waals surface area contributed by atoms with Crippen molar-refractivity contribution in [3.63, 3.8) is 0 Å². The van der Waals surface area contributed by atoms with E-state index in [1.807, 2.05) is 19.1 Å². The zero-order valence-corrected chi connectivity index (χ0v) is 12.4. The first-order chi connectivity index (χ1) is 8.96. The minimum Gasteiger partial charge on any atom is -0.391 e. The molecule has 102 valence electrons. The molecule has 1 saturated carbocycles. The number of halogens is 1. The van der Waals surface area contributed by atoms with Crippen LogP contribution >= 0.6 is 23.8 Å². The van der Waals surface area contributed by atoms with Crippen LogP contribution in [-0.4, -0.2) is 16.4 Å². The Kier molecular flexibility index (Phi) is 4.11. The summed E-state index contributed by atoms with van der Waals surface area (Å²) in [6.07, 6.45) is 3.66. The molecule has 0 unspecified atom stereocenters. The number of carbonyl (C=O) groups is 1. The second kappa shape index (κ2) is 5.47. The van der Waals surface area contributed by atoms with Crippen molar-refractivity contribution < 1.29 is 4.79 Å². The summed E-state index contributed by atoms with van der Waals surface area (Å²) in [7, 11) is 0. The Bertz CT molecular complexity index is 524. The fourth-order valence-electron chi connectivity index (χ4n) is 2.52. The van der Waals surface area contributed by atoms with Crippen LogP contribution in [0.25, 0.3) is 0 Å². The van der Waals surface area contributed by atoms with Gasteiger partial charge in [-0.25, -0.2) is 0 Å². The molecular formula is C14H17ClN2OS. The Morgan fingerprint density at radius 1 is 1.42 bits per heavy atom. The second-order valence-corrected chi connectivity index (χ2v) is 5.86. The molecule has 0 radical (unpaired) electrons. The first kappa shape index (κ1) is 14.3. The van der Waals surface area contributed by atoms with E-state index >= 15 is 0 Å². The summed E-state index contributed by atoms with van der Waals surface area (Å²) in [6.45, 7) is 1.87. The minimum atomic E-state index is -0.542. The van der Waals surface area contributed by atoms with Crippen LogP contribution < -0.4 is 11.1 Å². The van der Waals surface area contributed by atoms with Crippen LogP contribution in [-0.2, 0) is 0 Å². The molecule has 0 atom stereocenters. The van der Waals surface area contributed by atoms with Crippen LogP contribution in [0.15, 0.2) is 18.2 Å². The van der Waals surface area contributed by atoms with Crippen molar-refractivity contribution in [1.29, 1.82) is 0 Å². The third-order valence-electron chi connectivity index (χ3n) is 3.72. The summed E-state index contributed by atoms with van der Waals surface area (Å²) in [5.74, 6) is -0.205. The normalized spacial score (nSPS) is 17.2. The second-order valence-electron chi connectivity index (χ2n) is 5.04. The van der Waals surface area contributed by atoms with Gasteiger partial charge in [0, 0.05) is 0 Å². The van der Waals surface area contributed by atoms with E-state index in [0.29, 0.717) is 15.6 Å². The first-order valence-corrected chi connectivity index (χ1v) is 7.12. The van der Waals surface area contributed by atoms with Crippen LogP contribution in [0.4, 0.5) is 0 Å². The van der Waals surface area contributed by atoms with Gasteiger partial charge in [0.15, 0.2) is 0 Å². The number of thiocarbonyl (C=S) groups is 1. The van der Waals surface area contributed by atoms with E-state index in [-0.39, 0.29) is 5.91 Å². The van der Waals surface area contributed by atoms with Gasteiger partial charge in [-0.05, 0) is 31.4 Å². The van der Waals surface area contributed by atoms with Crippen molar-refractivity contribution in [2.45, 2.75) is 38.1 Å². The fraction of sp³-hybridized carbons (Fsp3) is 0.429. The maximum absolute atomic E-state index is 12.4. The molecule has 0 heterocycles. The average molecular weight is 297 g/mol. The van der Waals surface area contributed by atoms with Crippen LogP contribution in [0.2, 0.25) is 5.02 Å². The van der Waals surface area contributed by atoms with Gasteiger partial charge in [-0.2, -0.15) is 0 Å². The van der Waals surface area contributed by atoms with Crippen molar-refractivity contribution in [3.8, 4) is 0 Å². The summed E-state index contributed by atoms with van der Waals surface area (Å²) in [5, 5.41) is 3.47. The summed E-state index contributed by atoms with van der Waals surface area (Å²) in [5.41, 5.74) is 6.62. The van der Waals surface area contributed by atoms with Crippen molar-refractivity contribution in [2.75, 3.05) is 0 Å². The van der Waals surface area contributed by atoms with Crippen LogP contribution in [0.3, 0.4) is 0 Å². The van der Waals surface area contributed by atoms with Gasteiger partial charge in [-0.3, -0.25) is 4.79 Å². The number of hydrogen-bond donors (Lipinski definition) is 2. The number of nitrogens with two attached hydrogens (primary N) is 1. The Balaban J connectivity index is 2.25. The highest BCUT2D eigenvalue weighted by Gasteiger charge is 2.38. The quantitative estimate of drug-likeness (QED) is 0.843. The van der Waals surface area contributed by atoms with E-state index < -0.39 is 5.54 Å². The topological polar surface area (TPSA) is 55.1 Å². The molecule has 1 fully saturated rings. The Labute approximate surface area is 123 Å². The number of hydrogen-bond acceptors (Lipinski definition) is 2. The van der Waals surface area contributed by atoms with E-state index in [1.165, 1.54) is 0 Å². The van der Waals surface area contributed by atoms with E-state index in [2.05, 4.69) is 5.32 Å². The lowest BCUT2D eigenvalue weighted by atomic mass is 9.96.